The highest BCUT2D eigenvalue weighted by Crippen LogP contribution is 2.28. The fourth-order valence-corrected chi connectivity index (χ4v) is 2.26. The fraction of sp³-hybridized carbons (Fsp3) is 0.333. The molecule has 0 saturated carbocycles. The average Bonchev–Trinajstić information content (AvgIpc) is 2.46. The highest BCUT2D eigenvalue weighted by atomic mass is 79.9. The predicted octanol–water partition coefficient (Wildman–Crippen LogP) is 3.27. The number of aromatic amines is 1. The molecule has 15 heavy (non-hydrogen) atoms. The lowest BCUT2D eigenvalue weighted by Gasteiger charge is -2.01. The molecule has 0 spiro atoms. The van der Waals surface area contributed by atoms with E-state index in [2.05, 4.69) is 52.2 Å². The van der Waals surface area contributed by atoms with Gasteiger partial charge in [-0.3, -0.25) is 0 Å². The van der Waals surface area contributed by atoms with Gasteiger partial charge in [-0.2, -0.15) is 0 Å². The van der Waals surface area contributed by atoms with Crippen LogP contribution >= 0.6 is 15.9 Å². The van der Waals surface area contributed by atoms with Gasteiger partial charge in [0.1, 0.15) is 0 Å². The summed E-state index contributed by atoms with van der Waals surface area (Å²) in [6.45, 7) is 5.13. The molecule has 2 rings (SSSR count). The summed E-state index contributed by atoms with van der Waals surface area (Å²) in [5, 5.41) is 4.51. The van der Waals surface area contributed by atoms with Gasteiger partial charge < -0.3 is 10.3 Å². The standard InChI is InChI=1S/C12H15BrN2/c1-7-4-12-9(5-11(7)13)10(6-14-3)8(2)15-12/h4-5,14-15H,6H2,1-3H3. The van der Waals surface area contributed by atoms with E-state index in [9.17, 15) is 0 Å². The van der Waals surface area contributed by atoms with Crippen LogP contribution in [0.5, 0.6) is 0 Å². The smallest absolute Gasteiger partial charge is 0.0462 e. The molecule has 1 aromatic heterocycles. The zero-order chi connectivity index (χ0) is 11.0. The molecule has 0 aliphatic carbocycles. The van der Waals surface area contributed by atoms with E-state index in [1.807, 2.05) is 7.05 Å². The molecule has 0 fully saturated rings. The molecule has 0 aliphatic heterocycles. The van der Waals surface area contributed by atoms with Crippen molar-refractivity contribution in [3.05, 3.63) is 33.4 Å². The number of rotatable bonds is 2. The van der Waals surface area contributed by atoms with Crippen molar-refractivity contribution in [1.29, 1.82) is 0 Å². The van der Waals surface area contributed by atoms with Crippen molar-refractivity contribution < 1.29 is 0 Å². The van der Waals surface area contributed by atoms with Gasteiger partial charge >= 0.3 is 0 Å². The normalized spacial score (nSPS) is 11.2. The zero-order valence-corrected chi connectivity index (χ0v) is 10.8. The van der Waals surface area contributed by atoms with E-state index in [-0.39, 0.29) is 0 Å². The van der Waals surface area contributed by atoms with Gasteiger partial charge in [0, 0.05) is 27.6 Å². The average molecular weight is 267 g/mol. The molecule has 1 aromatic carbocycles. The van der Waals surface area contributed by atoms with Gasteiger partial charge in [0.05, 0.1) is 0 Å². The van der Waals surface area contributed by atoms with Gasteiger partial charge in [0.15, 0.2) is 0 Å². The Hall–Kier alpha value is -0.800. The molecule has 2 aromatic rings. The van der Waals surface area contributed by atoms with Gasteiger partial charge in [0.2, 0.25) is 0 Å². The fourth-order valence-electron chi connectivity index (χ4n) is 1.92. The first-order valence-electron chi connectivity index (χ1n) is 5.05. The molecule has 80 valence electrons. The van der Waals surface area contributed by atoms with E-state index < -0.39 is 0 Å². The van der Waals surface area contributed by atoms with E-state index in [0.717, 1.165) is 6.54 Å². The molecular weight excluding hydrogens is 252 g/mol. The van der Waals surface area contributed by atoms with Crippen molar-refractivity contribution in [3.63, 3.8) is 0 Å². The van der Waals surface area contributed by atoms with Crippen molar-refractivity contribution in [3.8, 4) is 0 Å². The van der Waals surface area contributed by atoms with Crippen molar-refractivity contribution in [2.45, 2.75) is 20.4 Å². The number of benzene rings is 1. The lowest BCUT2D eigenvalue weighted by molar-refractivity contribution is 0.817. The SMILES string of the molecule is CNCc1c(C)[nH]c2cc(C)c(Br)cc12. The second-order valence-corrected chi connectivity index (χ2v) is 4.76. The highest BCUT2D eigenvalue weighted by molar-refractivity contribution is 9.10. The molecule has 0 aliphatic rings. The largest absolute Gasteiger partial charge is 0.358 e. The molecule has 0 saturated heterocycles. The second kappa shape index (κ2) is 3.99. The van der Waals surface area contributed by atoms with Crippen LogP contribution in [-0.4, -0.2) is 12.0 Å². The lowest BCUT2D eigenvalue weighted by Crippen LogP contribution is -2.05. The summed E-state index contributed by atoms with van der Waals surface area (Å²) in [6, 6.07) is 4.38. The molecule has 0 amide bonds. The Morgan fingerprint density at radius 3 is 2.73 bits per heavy atom. The van der Waals surface area contributed by atoms with Gasteiger partial charge in [-0.15, -0.1) is 0 Å². The van der Waals surface area contributed by atoms with E-state index >= 15 is 0 Å². The topological polar surface area (TPSA) is 27.8 Å². The Kier molecular flexibility index (Phi) is 2.85. The van der Waals surface area contributed by atoms with Gasteiger partial charge in [-0.1, -0.05) is 15.9 Å². The third kappa shape index (κ3) is 1.82. The Labute approximate surface area is 98.2 Å². The van der Waals surface area contributed by atoms with Crippen LogP contribution in [-0.2, 0) is 6.54 Å². The molecule has 3 heteroatoms. The number of aromatic nitrogens is 1. The summed E-state index contributed by atoms with van der Waals surface area (Å²) in [5.74, 6) is 0. The third-order valence-electron chi connectivity index (χ3n) is 2.75. The molecule has 2 N–H and O–H groups in total. The van der Waals surface area contributed by atoms with E-state index in [1.165, 1.54) is 32.2 Å². The first-order valence-corrected chi connectivity index (χ1v) is 5.84. The van der Waals surface area contributed by atoms with Gasteiger partial charge in [0.25, 0.3) is 0 Å². The van der Waals surface area contributed by atoms with Crippen LogP contribution in [0.25, 0.3) is 10.9 Å². The molecule has 2 nitrogen and oxygen atoms in total. The van der Waals surface area contributed by atoms with E-state index in [4.69, 9.17) is 0 Å². The number of hydrogen-bond donors (Lipinski definition) is 2. The minimum atomic E-state index is 0.904. The minimum Gasteiger partial charge on any atom is -0.358 e. The molecule has 0 radical (unpaired) electrons. The molecule has 0 bridgehead atoms. The molecule has 1 heterocycles. The lowest BCUT2D eigenvalue weighted by atomic mass is 10.1. The van der Waals surface area contributed by atoms with Crippen LogP contribution in [0.2, 0.25) is 0 Å². The number of fused-ring (bicyclic) bond motifs is 1. The predicted molar refractivity (Wildman–Crippen MR) is 68.2 cm³/mol. The number of nitrogens with one attached hydrogen (secondary N) is 2. The summed E-state index contributed by atoms with van der Waals surface area (Å²) in [4.78, 5) is 3.42. The maximum Gasteiger partial charge on any atom is 0.0462 e. The summed E-state index contributed by atoms with van der Waals surface area (Å²) < 4.78 is 1.17. The summed E-state index contributed by atoms with van der Waals surface area (Å²) in [5.41, 5.74) is 5.09. The van der Waals surface area contributed by atoms with Crippen molar-refractivity contribution in [2.24, 2.45) is 0 Å². The Bertz CT molecular complexity index is 500. The van der Waals surface area contributed by atoms with Crippen LogP contribution in [0.1, 0.15) is 16.8 Å². The summed E-state index contributed by atoms with van der Waals surface area (Å²) in [7, 11) is 1.97. The molecule has 0 atom stereocenters. The number of hydrogen-bond acceptors (Lipinski definition) is 1. The van der Waals surface area contributed by atoms with E-state index in [1.54, 1.807) is 0 Å². The van der Waals surface area contributed by atoms with Crippen molar-refractivity contribution in [2.75, 3.05) is 7.05 Å². The summed E-state index contributed by atoms with van der Waals surface area (Å²) in [6.07, 6.45) is 0. The second-order valence-electron chi connectivity index (χ2n) is 3.91. The minimum absolute atomic E-state index is 0.904. The van der Waals surface area contributed by atoms with Crippen molar-refractivity contribution >= 4 is 26.8 Å². The zero-order valence-electron chi connectivity index (χ0n) is 9.24. The van der Waals surface area contributed by atoms with Crippen LogP contribution in [0, 0.1) is 13.8 Å². The van der Waals surface area contributed by atoms with Gasteiger partial charge in [-0.05, 0) is 44.2 Å². The van der Waals surface area contributed by atoms with Crippen LogP contribution in [0.4, 0.5) is 0 Å². The summed E-state index contributed by atoms with van der Waals surface area (Å²) >= 11 is 3.58. The monoisotopic (exact) mass is 266 g/mol. The van der Waals surface area contributed by atoms with Crippen LogP contribution < -0.4 is 5.32 Å². The van der Waals surface area contributed by atoms with Crippen LogP contribution in [0.15, 0.2) is 16.6 Å². The number of halogens is 1. The van der Waals surface area contributed by atoms with Gasteiger partial charge in [-0.25, -0.2) is 0 Å². The van der Waals surface area contributed by atoms with Crippen molar-refractivity contribution in [1.82, 2.24) is 10.3 Å². The maximum atomic E-state index is 3.58. The molecule has 0 unspecified atom stereocenters. The quantitative estimate of drug-likeness (QED) is 0.858. The highest BCUT2D eigenvalue weighted by Gasteiger charge is 2.08. The number of H-pyrrole nitrogens is 1. The first kappa shape index (κ1) is 10.7. The third-order valence-corrected chi connectivity index (χ3v) is 3.61. The Morgan fingerprint density at radius 2 is 2.07 bits per heavy atom. The molecular formula is C12H15BrN2. The van der Waals surface area contributed by atoms with Crippen LogP contribution in [0.3, 0.4) is 0 Å². The van der Waals surface area contributed by atoms with E-state index in [0.29, 0.717) is 0 Å². The Balaban J connectivity index is 2.70. The maximum absolute atomic E-state index is 3.58. The number of aryl methyl sites for hydroxylation is 2. The first-order chi connectivity index (χ1) is 7.13. The Morgan fingerprint density at radius 1 is 1.33 bits per heavy atom.